The first-order valence-corrected chi connectivity index (χ1v) is 6.84. The van der Waals surface area contributed by atoms with Crippen LogP contribution in [0.3, 0.4) is 0 Å². The van der Waals surface area contributed by atoms with E-state index < -0.39 is 0 Å². The van der Waals surface area contributed by atoms with Crippen molar-refractivity contribution in [3.63, 3.8) is 0 Å². The number of allylic oxidation sites excluding steroid dienone is 1. The second-order valence-electron chi connectivity index (χ2n) is 4.29. The van der Waals surface area contributed by atoms with Gasteiger partial charge in [0.15, 0.2) is 0 Å². The molecule has 2 rings (SSSR count). The van der Waals surface area contributed by atoms with Crippen LogP contribution >= 0.6 is 15.9 Å². The van der Waals surface area contributed by atoms with Crippen molar-refractivity contribution in [1.29, 1.82) is 0 Å². The maximum absolute atomic E-state index is 5.63. The zero-order valence-electron chi connectivity index (χ0n) is 10.1. The van der Waals surface area contributed by atoms with E-state index in [9.17, 15) is 0 Å². The summed E-state index contributed by atoms with van der Waals surface area (Å²) in [6, 6.07) is 6.88. The van der Waals surface area contributed by atoms with Crippen LogP contribution in [-0.4, -0.2) is 12.6 Å². The van der Waals surface area contributed by atoms with Crippen LogP contribution in [0.4, 0.5) is 0 Å². The van der Waals surface area contributed by atoms with Crippen molar-refractivity contribution in [2.75, 3.05) is 6.61 Å². The highest BCUT2D eigenvalue weighted by atomic mass is 79.9. The second kappa shape index (κ2) is 6.22. The fourth-order valence-corrected chi connectivity index (χ4v) is 1.95. The Labute approximate surface area is 111 Å². The minimum absolute atomic E-state index is 0.633. The Balaban J connectivity index is 1.94. The minimum atomic E-state index is 0.633. The molecule has 1 N–H and O–H groups in total. The Kier molecular flexibility index (Phi) is 4.63. The molecule has 1 fully saturated rings. The zero-order chi connectivity index (χ0) is 12.1. The average molecular weight is 296 g/mol. The van der Waals surface area contributed by atoms with Crippen molar-refractivity contribution in [3.05, 3.63) is 40.4 Å². The van der Waals surface area contributed by atoms with E-state index in [4.69, 9.17) is 4.74 Å². The van der Waals surface area contributed by atoms with E-state index >= 15 is 0 Å². The van der Waals surface area contributed by atoms with Gasteiger partial charge in [0.05, 0.1) is 0 Å². The third-order valence-electron chi connectivity index (χ3n) is 2.76. The molecule has 0 aromatic heterocycles. The van der Waals surface area contributed by atoms with Crippen LogP contribution < -0.4 is 10.1 Å². The molecule has 0 heterocycles. The number of hydrogen-bond donors (Lipinski definition) is 1. The first-order valence-electron chi connectivity index (χ1n) is 6.05. The number of halogens is 1. The molecule has 3 heteroatoms. The predicted octanol–water partition coefficient (Wildman–Crippen LogP) is 3.66. The summed E-state index contributed by atoms with van der Waals surface area (Å²) in [5.74, 6) is 0.930. The lowest BCUT2D eigenvalue weighted by molar-refractivity contribution is 0.362. The number of benzene rings is 1. The Morgan fingerprint density at radius 2 is 2.29 bits per heavy atom. The molecule has 2 nitrogen and oxygen atoms in total. The van der Waals surface area contributed by atoms with Gasteiger partial charge < -0.3 is 10.1 Å². The van der Waals surface area contributed by atoms with E-state index in [0.717, 1.165) is 22.8 Å². The van der Waals surface area contributed by atoms with E-state index in [2.05, 4.69) is 33.4 Å². The van der Waals surface area contributed by atoms with Crippen LogP contribution in [0.5, 0.6) is 5.75 Å². The van der Waals surface area contributed by atoms with Crippen LogP contribution in [0, 0.1) is 0 Å². The largest absolute Gasteiger partial charge is 0.490 e. The van der Waals surface area contributed by atoms with Crippen molar-refractivity contribution in [3.8, 4) is 5.75 Å². The molecule has 0 aliphatic heterocycles. The van der Waals surface area contributed by atoms with Gasteiger partial charge in [-0.2, -0.15) is 0 Å². The molecule has 0 radical (unpaired) electrons. The third kappa shape index (κ3) is 4.17. The molecule has 1 aromatic carbocycles. The Morgan fingerprint density at radius 1 is 1.47 bits per heavy atom. The van der Waals surface area contributed by atoms with Crippen LogP contribution in [0.1, 0.15) is 25.3 Å². The predicted molar refractivity (Wildman–Crippen MR) is 74.3 cm³/mol. The fraction of sp³-hybridized carbons (Fsp3) is 0.429. The van der Waals surface area contributed by atoms with Crippen LogP contribution in [0.2, 0.25) is 0 Å². The van der Waals surface area contributed by atoms with Gasteiger partial charge in [-0.1, -0.05) is 28.1 Å². The van der Waals surface area contributed by atoms with Gasteiger partial charge in [-0.15, -0.1) is 0 Å². The van der Waals surface area contributed by atoms with E-state index in [1.165, 1.54) is 18.4 Å². The number of hydrogen-bond acceptors (Lipinski definition) is 2. The number of rotatable bonds is 6. The van der Waals surface area contributed by atoms with Gasteiger partial charge in [-0.05, 0) is 43.5 Å². The van der Waals surface area contributed by atoms with Crippen molar-refractivity contribution >= 4 is 15.9 Å². The molecule has 0 unspecified atom stereocenters. The summed E-state index contributed by atoms with van der Waals surface area (Å²) in [7, 11) is 0. The molecule has 1 aliphatic rings. The highest BCUT2D eigenvalue weighted by molar-refractivity contribution is 9.10. The molecule has 0 saturated heterocycles. The van der Waals surface area contributed by atoms with Gasteiger partial charge in [-0.25, -0.2) is 0 Å². The molecular formula is C14H18BrNO. The van der Waals surface area contributed by atoms with E-state index in [-0.39, 0.29) is 0 Å². The highest BCUT2D eigenvalue weighted by Gasteiger charge is 2.20. The first-order chi connectivity index (χ1) is 8.29. The maximum Gasteiger partial charge on any atom is 0.120 e. The smallest absolute Gasteiger partial charge is 0.120 e. The van der Waals surface area contributed by atoms with Crippen molar-refractivity contribution < 1.29 is 4.74 Å². The lowest BCUT2D eigenvalue weighted by atomic mass is 10.2. The lowest BCUT2D eigenvalue weighted by Gasteiger charge is -2.09. The molecule has 92 valence electrons. The lowest BCUT2D eigenvalue weighted by Crippen LogP contribution is -2.15. The van der Waals surface area contributed by atoms with Gasteiger partial charge >= 0.3 is 0 Å². The fourth-order valence-electron chi connectivity index (χ4n) is 1.56. The summed E-state index contributed by atoms with van der Waals surface area (Å²) in [4.78, 5) is 0. The Bertz CT molecular complexity index is 399. The third-order valence-corrected chi connectivity index (χ3v) is 3.53. The van der Waals surface area contributed by atoms with Crippen molar-refractivity contribution in [2.24, 2.45) is 0 Å². The summed E-state index contributed by atoms with van der Waals surface area (Å²) >= 11 is 3.57. The average Bonchev–Trinajstić information content (AvgIpc) is 3.14. The molecule has 0 atom stereocenters. The maximum atomic E-state index is 5.63. The summed E-state index contributed by atoms with van der Waals surface area (Å²) in [6.45, 7) is 3.54. The Morgan fingerprint density at radius 3 is 3.00 bits per heavy atom. The quantitative estimate of drug-likeness (QED) is 0.809. The first kappa shape index (κ1) is 12.7. The summed E-state index contributed by atoms with van der Waals surface area (Å²) in [5, 5.41) is 3.51. The van der Waals surface area contributed by atoms with Crippen LogP contribution in [0.15, 0.2) is 34.8 Å². The molecule has 1 saturated carbocycles. The van der Waals surface area contributed by atoms with Crippen molar-refractivity contribution in [1.82, 2.24) is 5.32 Å². The van der Waals surface area contributed by atoms with Gasteiger partial charge in [-0.3, -0.25) is 0 Å². The van der Waals surface area contributed by atoms with Gasteiger partial charge in [0, 0.05) is 17.1 Å². The van der Waals surface area contributed by atoms with Gasteiger partial charge in [0.1, 0.15) is 12.4 Å². The molecular weight excluding hydrogens is 278 g/mol. The number of ether oxygens (including phenoxy) is 1. The summed E-state index contributed by atoms with van der Waals surface area (Å²) in [5.41, 5.74) is 1.26. The minimum Gasteiger partial charge on any atom is -0.490 e. The van der Waals surface area contributed by atoms with Gasteiger partial charge in [0.2, 0.25) is 0 Å². The molecule has 1 aromatic rings. The van der Waals surface area contributed by atoms with E-state index in [1.54, 1.807) is 0 Å². The van der Waals surface area contributed by atoms with Gasteiger partial charge in [0.25, 0.3) is 0 Å². The summed E-state index contributed by atoms with van der Waals surface area (Å²) in [6.07, 6.45) is 6.63. The second-order valence-corrected chi connectivity index (χ2v) is 5.14. The molecule has 0 bridgehead atoms. The monoisotopic (exact) mass is 295 g/mol. The van der Waals surface area contributed by atoms with Crippen LogP contribution in [-0.2, 0) is 6.54 Å². The molecule has 0 amide bonds. The SMILES string of the molecule is C/C=C/COc1ccc(Br)c(CNC2CC2)c1. The van der Waals surface area contributed by atoms with Crippen molar-refractivity contribution in [2.45, 2.75) is 32.4 Å². The molecule has 1 aliphatic carbocycles. The van der Waals surface area contributed by atoms with E-state index in [0.29, 0.717) is 6.61 Å². The number of nitrogens with one attached hydrogen (secondary N) is 1. The Hall–Kier alpha value is -0.800. The molecule has 0 spiro atoms. The van der Waals surface area contributed by atoms with E-state index in [1.807, 2.05) is 25.1 Å². The highest BCUT2D eigenvalue weighted by Crippen LogP contribution is 2.25. The normalized spacial score (nSPS) is 15.4. The molecule has 17 heavy (non-hydrogen) atoms. The standard InChI is InChI=1S/C14H18BrNO/c1-2-3-8-17-13-6-7-14(15)11(9-13)10-16-12-4-5-12/h2-3,6-7,9,12,16H,4-5,8,10H2,1H3/b3-2+. The topological polar surface area (TPSA) is 21.3 Å². The zero-order valence-corrected chi connectivity index (χ0v) is 11.7. The summed E-state index contributed by atoms with van der Waals surface area (Å²) < 4.78 is 6.77. The van der Waals surface area contributed by atoms with Crippen LogP contribution in [0.25, 0.3) is 0 Å².